The average Bonchev–Trinajstić information content (AvgIpc) is 2.12. The Morgan fingerprint density at radius 3 is 3.23 bits per heavy atom. The van der Waals surface area contributed by atoms with Crippen molar-refractivity contribution in [2.45, 2.75) is 11.3 Å². The molecule has 2 atom stereocenters. The van der Waals surface area contributed by atoms with Crippen LogP contribution in [0.15, 0.2) is 23.0 Å². The van der Waals surface area contributed by atoms with Crippen molar-refractivity contribution in [2.75, 3.05) is 5.75 Å². The Labute approximate surface area is 84.2 Å². The summed E-state index contributed by atoms with van der Waals surface area (Å²) in [5.74, 6) is -0.0763. The second kappa shape index (κ2) is 3.35. The zero-order valence-corrected chi connectivity index (χ0v) is 8.16. The summed E-state index contributed by atoms with van der Waals surface area (Å²) in [6, 6.07) is -0.154. The molecule has 0 aromatic carbocycles. The van der Waals surface area contributed by atoms with E-state index in [4.69, 9.17) is 11.6 Å². The Bertz CT molecular complexity index is 315. The van der Waals surface area contributed by atoms with Crippen LogP contribution in [-0.2, 0) is 4.79 Å². The second-order valence-electron chi connectivity index (χ2n) is 2.88. The van der Waals surface area contributed by atoms with E-state index in [1.807, 2.05) is 0 Å². The number of amides is 1. The average molecular weight is 220 g/mol. The van der Waals surface area contributed by atoms with Crippen LogP contribution in [0.25, 0.3) is 0 Å². The fourth-order valence-corrected chi connectivity index (χ4v) is 2.78. The fraction of sp³-hybridized carbons (Fsp3) is 0.375. The van der Waals surface area contributed by atoms with Gasteiger partial charge in [0, 0.05) is 0 Å². The van der Waals surface area contributed by atoms with Gasteiger partial charge in [0.15, 0.2) is 0 Å². The van der Waals surface area contributed by atoms with Gasteiger partial charge in [-0.25, -0.2) is 4.39 Å². The Hall–Kier alpha value is -0.480. The first kappa shape index (κ1) is 9.09. The lowest BCUT2D eigenvalue weighted by Gasteiger charge is -2.31. The summed E-state index contributed by atoms with van der Waals surface area (Å²) < 4.78 is 13.0. The molecule has 1 fully saturated rings. The molecule has 13 heavy (non-hydrogen) atoms. The number of rotatable bonds is 0. The maximum Gasteiger partial charge on any atom is 0.230 e. The van der Waals surface area contributed by atoms with E-state index in [2.05, 4.69) is 5.32 Å². The number of thioether (sulfide) groups is 1. The van der Waals surface area contributed by atoms with Crippen molar-refractivity contribution >= 4 is 29.3 Å². The van der Waals surface area contributed by atoms with Crippen LogP contribution in [0.5, 0.6) is 0 Å². The Morgan fingerprint density at radius 1 is 1.69 bits per heavy atom. The largest absolute Gasteiger partial charge is 0.348 e. The van der Waals surface area contributed by atoms with Gasteiger partial charge in [-0.2, -0.15) is 0 Å². The highest BCUT2D eigenvalue weighted by Gasteiger charge is 2.33. The van der Waals surface area contributed by atoms with E-state index < -0.39 is 5.83 Å². The molecule has 1 aliphatic heterocycles. The minimum Gasteiger partial charge on any atom is -0.348 e. The van der Waals surface area contributed by atoms with E-state index in [-0.39, 0.29) is 22.2 Å². The smallest absolute Gasteiger partial charge is 0.230 e. The van der Waals surface area contributed by atoms with Crippen molar-refractivity contribution in [1.29, 1.82) is 0 Å². The minimum atomic E-state index is -0.397. The Morgan fingerprint density at radius 2 is 2.46 bits per heavy atom. The predicted octanol–water partition coefficient (Wildman–Crippen LogP) is 1.58. The van der Waals surface area contributed by atoms with Gasteiger partial charge in [-0.1, -0.05) is 17.7 Å². The quantitative estimate of drug-likeness (QED) is 0.670. The summed E-state index contributed by atoms with van der Waals surface area (Å²) in [7, 11) is 0. The molecule has 1 aliphatic carbocycles. The van der Waals surface area contributed by atoms with Gasteiger partial charge in [0.1, 0.15) is 5.83 Å². The first-order chi connectivity index (χ1) is 6.18. The van der Waals surface area contributed by atoms with E-state index in [0.717, 1.165) is 0 Å². The first-order valence-corrected chi connectivity index (χ1v) is 5.25. The molecule has 0 spiro atoms. The highest BCUT2D eigenvalue weighted by atomic mass is 35.5. The molecule has 70 valence electrons. The molecule has 1 saturated heterocycles. The second-order valence-corrected chi connectivity index (χ2v) is 4.42. The topological polar surface area (TPSA) is 29.1 Å². The molecule has 0 bridgehead atoms. The summed E-state index contributed by atoms with van der Waals surface area (Å²) in [6.45, 7) is 0. The van der Waals surface area contributed by atoms with E-state index in [9.17, 15) is 9.18 Å². The third-order valence-corrected chi connectivity index (χ3v) is 3.84. The van der Waals surface area contributed by atoms with Crippen molar-refractivity contribution in [1.82, 2.24) is 5.32 Å². The molecule has 0 saturated carbocycles. The lowest BCUT2D eigenvalue weighted by molar-refractivity contribution is -0.119. The zero-order valence-electron chi connectivity index (χ0n) is 6.59. The van der Waals surface area contributed by atoms with Gasteiger partial charge in [-0.15, -0.1) is 11.8 Å². The molecule has 1 N–H and O–H groups in total. The summed E-state index contributed by atoms with van der Waals surface area (Å²) in [4.78, 5) is 11.0. The van der Waals surface area contributed by atoms with E-state index >= 15 is 0 Å². The van der Waals surface area contributed by atoms with Gasteiger partial charge in [0.05, 0.1) is 22.1 Å². The van der Waals surface area contributed by atoms with Gasteiger partial charge in [0.2, 0.25) is 5.91 Å². The number of hydrogen-bond donors (Lipinski definition) is 1. The van der Waals surface area contributed by atoms with Crippen molar-refractivity contribution in [3.8, 4) is 0 Å². The summed E-state index contributed by atoms with van der Waals surface area (Å²) in [5, 5.41) is 2.79. The van der Waals surface area contributed by atoms with Crippen LogP contribution < -0.4 is 5.32 Å². The Kier molecular flexibility index (Phi) is 2.34. The molecule has 5 heteroatoms. The van der Waals surface area contributed by atoms with Crippen LogP contribution in [0.2, 0.25) is 0 Å². The minimum absolute atomic E-state index is 0.0253. The number of fused-ring (bicyclic) bond motifs is 1. The highest BCUT2D eigenvalue weighted by Crippen LogP contribution is 2.34. The number of carbonyl (C=O) groups excluding carboxylic acids is 1. The standard InChI is InChI=1S/C8H7ClFNOS/c9-7-4(10)1-2-5-8(7)13-3-6(12)11-5/h1-2,5,8H,3H2,(H,11,12). The van der Waals surface area contributed by atoms with Gasteiger partial charge in [-0.3, -0.25) is 4.79 Å². The van der Waals surface area contributed by atoms with Crippen molar-refractivity contribution in [2.24, 2.45) is 0 Å². The third-order valence-electron chi connectivity index (χ3n) is 1.98. The number of halogens is 2. The normalized spacial score (nSPS) is 32.9. The lowest BCUT2D eigenvalue weighted by atomic mass is 10.1. The number of allylic oxidation sites excluding steroid dienone is 2. The summed E-state index contributed by atoms with van der Waals surface area (Å²) in [6.07, 6.45) is 2.94. The fourth-order valence-electron chi connectivity index (χ4n) is 1.36. The monoisotopic (exact) mass is 219 g/mol. The zero-order chi connectivity index (χ0) is 9.42. The molecular weight excluding hydrogens is 213 g/mol. The molecule has 0 radical (unpaired) electrons. The summed E-state index contributed by atoms with van der Waals surface area (Å²) >= 11 is 7.14. The van der Waals surface area contributed by atoms with Gasteiger partial charge < -0.3 is 5.32 Å². The molecular formula is C8H7ClFNOS. The maximum absolute atomic E-state index is 13.0. The van der Waals surface area contributed by atoms with Crippen LogP contribution in [0.3, 0.4) is 0 Å². The van der Waals surface area contributed by atoms with Gasteiger partial charge in [0.25, 0.3) is 0 Å². The summed E-state index contributed by atoms with van der Waals surface area (Å²) in [5.41, 5.74) is 0. The van der Waals surface area contributed by atoms with Crippen molar-refractivity contribution in [3.63, 3.8) is 0 Å². The maximum atomic E-state index is 13.0. The van der Waals surface area contributed by atoms with E-state index in [1.54, 1.807) is 6.08 Å². The SMILES string of the molecule is O=C1CSC2C(Cl)=C(F)C=CC2N1. The molecule has 1 heterocycles. The van der Waals surface area contributed by atoms with Gasteiger partial charge in [-0.05, 0) is 6.08 Å². The van der Waals surface area contributed by atoms with Crippen LogP contribution in [0.1, 0.15) is 0 Å². The Balaban J connectivity index is 2.24. The van der Waals surface area contributed by atoms with Gasteiger partial charge >= 0.3 is 0 Å². The first-order valence-electron chi connectivity index (χ1n) is 3.83. The molecule has 2 aliphatic rings. The van der Waals surface area contributed by atoms with Crippen LogP contribution in [0, 0.1) is 0 Å². The molecule has 2 rings (SSSR count). The van der Waals surface area contributed by atoms with Crippen LogP contribution in [-0.4, -0.2) is 23.0 Å². The van der Waals surface area contributed by atoms with Crippen molar-refractivity contribution in [3.05, 3.63) is 23.0 Å². The molecule has 0 aromatic heterocycles. The highest BCUT2D eigenvalue weighted by molar-refractivity contribution is 8.01. The number of carbonyl (C=O) groups is 1. The van der Waals surface area contributed by atoms with Crippen LogP contribution >= 0.6 is 23.4 Å². The molecule has 2 nitrogen and oxygen atoms in total. The number of nitrogens with one attached hydrogen (secondary N) is 1. The molecule has 0 aromatic rings. The third kappa shape index (κ3) is 1.60. The van der Waals surface area contributed by atoms with E-state index in [1.165, 1.54) is 17.8 Å². The predicted molar refractivity (Wildman–Crippen MR) is 51.3 cm³/mol. The van der Waals surface area contributed by atoms with Crippen molar-refractivity contribution < 1.29 is 9.18 Å². The lowest BCUT2D eigenvalue weighted by Crippen LogP contribution is -2.47. The molecule has 2 unspecified atom stereocenters. The van der Waals surface area contributed by atoms with E-state index in [0.29, 0.717) is 5.75 Å². The van der Waals surface area contributed by atoms with Crippen LogP contribution in [0.4, 0.5) is 4.39 Å². The molecule has 1 amide bonds. The number of hydrogen-bond acceptors (Lipinski definition) is 2.